The molecule has 100 valence electrons. The van der Waals surface area contributed by atoms with E-state index in [0.717, 1.165) is 11.8 Å². The van der Waals surface area contributed by atoms with Gasteiger partial charge in [-0.15, -0.1) is 0 Å². The topological polar surface area (TPSA) is 81.9 Å². The van der Waals surface area contributed by atoms with E-state index < -0.39 is 17.8 Å². The van der Waals surface area contributed by atoms with Gasteiger partial charge in [0.15, 0.2) is 11.7 Å². The van der Waals surface area contributed by atoms with Gasteiger partial charge in [0, 0.05) is 0 Å². The van der Waals surface area contributed by atoms with Gasteiger partial charge in [-0.3, -0.25) is 4.79 Å². The Morgan fingerprint density at radius 1 is 1.44 bits per heavy atom. The summed E-state index contributed by atoms with van der Waals surface area (Å²) in [5.74, 6) is 1.88. The number of hydrogen-bond acceptors (Lipinski definition) is 4. The summed E-state index contributed by atoms with van der Waals surface area (Å²) in [5, 5.41) is 0. The molecule has 2 aliphatic carbocycles. The molecule has 2 N–H and O–H groups in total. The highest BCUT2D eigenvalue weighted by molar-refractivity contribution is 5.94. The quantitative estimate of drug-likeness (QED) is 0.747. The zero-order valence-electron chi connectivity index (χ0n) is 10.6. The summed E-state index contributed by atoms with van der Waals surface area (Å²) in [6.07, 6.45) is 2.83. The van der Waals surface area contributed by atoms with Gasteiger partial charge in [0.05, 0.1) is 6.61 Å². The molecule has 18 heavy (non-hydrogen) atoms. The Hall–Kier alpha value is -1.10. The Bertz CT molecular complexity index is 380. The van der Waals surface area contributed by atoms with Gasteiger partial charge >= 0.3 is 6.09 Å². The fourth-order valence-electron chi connectivity index (χ4n) is 3.51. The number of fused-ring (bicyclic) bond motifs is 1. The number of epoxide rings is 1. The van der Waals surface area contributed by atoms with Crippen LogP contribution in [0.25, 0.3) is 0 Å². The molecule has 4 atom stereocenters. The smallest absolute Gasteiger partial charge is 0.405 e. The molecule has 0 aromatic rings. The summed E-state index contributed by atoms with van der Waals surface area (Å²) in [4.78, 5) is 23.1. The number of ketones is 1. The Labute approximate surface area is 106 Å². The normalized spacial score (nSPS) is 41.9. The largest absolute Gasteiger partial charge is 0.438 e. The van der Waals surface area contributed by atoms with Crippen LogP contribution < -0.4 is 5.73 Å². The minimum Gasteiger partial charge on any atom is -0.438 e. The van der Waals surface area contributed by atoms with Crippen LogP contribution in [-0.4, -0.2) is 30.2 Å². The second kappa shape index (κ2) is 3.95. The molecule has 0 bridgehead atoms. The Balaban J connectivity index is 1.62. The van der Waals surface area contributed by atoms with E-state index in [4.69, 9.17) is 15.2 Å². The molecule has 1 saturated heterocycles. The predicted octanol–water partition coefficient (Wildman–Crippen LogP) is 1.24. The highest BCUT2D eigenvalue weighted by atomic mass is 16.6. The molecule has 0 aromatic heterocycles. The number of amides is 1. The standard InChI is InChI=1S/C13H19NO4/c1-13(6-17-13)11(15)10(18-12(14)16)5-9-7-3-2-4-8(7)9/h7-10H,2-6H2,1H3,(H2,14,16)/t7-,8-,10-,13+/m0/s1. The van der Waals surface area contributed by atoms with Crippen molar-refractivity contribution in [2.45, 2.75) is 44.3 Å². The lowest BCUT2D eigenvalue weighted by Crippen LogP contribution is -2.38. The van der Waals surface area contributed by atoms with Gasteiger partial charge < -0.3 is 15.2 Å². The first-order chi connectivity index (χ1) is 8.51. The molecule has 5 heteroatoms. The van der Waals surface area contributed by atoms with Crippen LogP contribution in [-0.2, 0) is 14.3 Å². The van der Waals surface area contributed by atoms with Crippen LogP contribution in [0.2, 0.25) is 0 Å². The Morgan fingerprint density at radius 3 is 2.56 bits per heavy atom. The first kappa shape index (κ1) is 12.0. The van der Waals surface area contributed by atoms with E-state index in [1.165, 1.54) is 19.3 Å². The van der Waals surface area contributed by atoms with Crippen LogP contribution in [0.3, 0.4) is 0 Å². The number of rotatable bonds is 5. The van der Waals surface area contributed by atoms with Crippen molar-refractivity contribution in [3.05, 3.63) is 0 Å². The molecule has 1 aliphatic heterocycles. The molecular formula is C13H19NO4. The number of carbonyl (C=O) groups is 2. The average molecular weight is 253 g/mol. The Morgan fingerprint density at radius 2 is 2.06 bits per heavy atom. The van der Waals surface area contributed by atoms with Crippen molar-refractivity contribution in [3.8, 4) is 0 Å². The first-order valence-electron chi connectivity index (χ1n) is 6.65. The maximum atomic E-state index is 12.2. The van der Waals surface area contributed by atoms with Crippen LogP contribution in [0.4, 0.5) is 4.79 Å². The van der Waals surface area contributed by atoms with Crippen molar-refractivity contribution in [2.24, 2.45) is 23.5 Å². The fourth-order valence-corrected chi connectivity index (χ4v) is 3.51. The van der Waals surface area contributed by atoms with Crippen molar-refractivity contribution in [1.29, 1.82) is 0 Å². The maximum Gasteiger partial charge on any atom is 0.405 e. The van der Waals surface area contributed by atoms with Gasteiger partial charge in [-0.05, 0) is 43.9 Å². The SMILES string of the molecule is C[C@]1(C(=O)[C@H](CC2[C@H]3CCC[C@H]23)OC(N)=O)CO1. The van der Waals surface area contributed by atoms with Crippen LogP contribution in [0.1, 0.15) is 32.6 Å². The van der Waals surface area contributed by atoms with Gasteiger partial charge in [0.2, 0.25) is 5.78 Å². The van der Waals surface area contributed by atoms with E-state index in [0.29, 0.717) is 18.9 Å². The summed E-state index contributed by atoms with van der Waals surface area (Å²) in [5.41, 5.74) is 4.31. The third kappa shape index (κ3) is 2.00. The summed E-state index contributed by atoms with van der Waals surface area (Å²) >= 11 is 0. The minimum atomic E-state index is -0.872. The molecule has 0 unspecified atom stereocenters. The monoisotopic (exact) mass is 253 g/mol. The zero-order valence-corrected chi connectivity index (χ0v) is 10.6. The number of hydrogen-bond donors (Lipinski definition) is 1. The number of Topliss-reactive ketones (excluding diaryl/α,β-unsaturated/α-hetero) is 1. The molecule has 0 radical (unpaired) electrons. The van der Waals surface area contributed by atoms with Gasteiger partial charge in [-0.2, -0.15) is 0 Å². The molecule has 0 aromatic carbocycles. The van der Waals surface area contributed by atoms with Crippen LogP contribution in [0, 0.1) is 17.8 Å². The molecule has 1 heterocycles. The second-order valence-corrected chi connectivity index (χ2v) is 5.97. The van der Waals surface area contributed by atoms with Crippen molar-refractivity contribution < 1.29 is 19.1 Å². The summed E-state index contributed by atoms with van der Waals surface area (Å²) in [7, 11) is 0. The number of ether oxygens (including phenoxy) is 2. The Kier molecular flexibility index (Phi) is 2.62. The van der Waals surface area contributed by atoms with E-state index in [1.54, 1.807) is 6.92 Å². The lowest BCUT2D eigenvalue weighted by atomic mass is 9.96. The van der Waals surface area contributed by atoms with Crippen molar-refractivity contribution in [1.82, 2.24) is 0 Å². The van der Waals surface area contributed by atoms with E-state index >= 15 is 0 Å². The number of primary amides is 1. The van der Waals surface area contributed by atoms with Crippen molar-refractivity contribution in [3.63, 3.8) is 0 Å². The van der Waals surface area contributed by atoms with E-state index in [1.807, 2.05) is 0 Å². The number of carbonyl (C=O) groups excluding carboxylic acids is 2. The van der Waals surface area contributed by atoms with Crippen LogP contribution in [0.15, 0.2) is 0 Å². The van der Waals surface area contributed by atoms with E-state index in [9.17, 15) is 9.59 Å². The van der Waals surface area contributed by atoms with Gasteiger partial charge in [-0.1, -0.05) is 6.42 Å². The third-order valence-electron chi connectivity index (χ3n) is 4.72. The molecular weight excluding hydrogens is 234 g/mol. The lowest BCUT2D eigenvalue weighted by molar-refractivity contribution is -0.132. The summed E-state index contributed by atoms with van der Waals surface area (Å²) in [6, 6.07) is 0. The van der Waals surface area contributed by atoms with E-state index in [-0.39, 0.29) is 5.78 Å². The van der Waals surface area contributed by atoms with Crippen LogP contribution >= 0.6 is 0 Å². The van der Waals surface area contributed by atoms with Crippen LogP contribution in [0.5, 0.6) is 0 Å². The highest BCUT2D eigenvalue weighted by Gasteiger charge is 2.57. The van der Waals surface area contributed by atoms with Gasteiger partial charge in [-0.25, -0.2) is 4.79 Å². The van der Waals surface area contributed by atoms with E-state index in [2.05, 4.69) is 0 Å². The highest BCUT2D eigenvalue weighted by Crippen LogP contribution is 2.59. The second-order valence-electron chi connectivity index (χ2n) is 5.97. The average Bonchev–Trinajstić information content (AvgIpc) is 3.14. The molecule has 5 nitrogen and oxygen atoms in total. The molecule has 3 rings (SSSR count). The minimum absolute atomic E-state index is 0.133. The fraction of sp³-hybridized carbons (Fsp3) is 0.846. The first-order valence-corrected chi connectivity index (χ1v) is 6.65. The summed E-state index contributed by atoms with van der Waals surface area (Å²) < 4.78 is 10.1. The summed E-state index contributed by atoms with van der Waals surface area (Å²) in [6.45, 7) is 2.16. The molecule has 1 amide bonds. The molecule has 3 fully saturated rings. The lowest BCUT2D eigenvalue weighted by Gasteiger charge is -2.18. The maximum absolute atomic E-state index is 12.2. The zero-order chi connectivity index (χ0) is 12.9. The molecule has 0 spiro atoms. The molecule has 3 aliphatic rings. The van der Waals surface area contributed by atoms with Crippen molar-refractivity contribution in [2.75, 3.05) is 6.61 Å². The predicted molar refractivity (Wildman–Crippen MR) is 62.8 cm³/mol. The molecule has 2 saturated carbocycles. The third-order valence-corrected chi connectivity index (χ3v) is 4.72. The van der Waals surface area contributed by atoms with Crippen molar-refractivity contribution >= 4 is 11.9 Å². The van der Waals surface area contributed by atoms with Gasteiger partial charge in [0.25, 0.3) is 0 Å². The number of nitrogens with two attached hydrogens (primary N) is 1. The van der Waals surface area contributed by atoms with Gasteiger partial charge in [0.1, 0.15) is 0 Å².